The second kappa shape index (κ2) is 7.99. The van der Waals surface area contributed by atoms with Gasteiger partial charge in [-0.2, -0.15) is 0 Å². The number of hydrogen-bond acceptors (Lipinski definition) is 6. The third-order valence-corrected chi connectivity index (χ3v) is 4.09. The highest BCUT2D eigenvalue weighted by Gasteiger charge is 2.26. The van der Waals surface area contributed by atoms with Crippen molar-refractivity contribution in [3.8, 4) is 0 Å². The summed E-state index contributed by atoms with van der Waals surface area (Å²) >= 11 is 11.7. The van der Waals surface area contributed by atoms with E-state index in [9.17, 15) is 9.18 Å². The summed E-state index contributed by atoms with van der Waals surface area (Å²) in [6.07, 6.45) is 0.725. The molecule has 0 saturated carbocycles. The zero-order chi connectivity index (χ0) is 17.0. The molecular formula is C14H17Cl2FN2O4. The van der Waals surface area contributed by atoms with Crippen molar-refractivity contribution in [3.05, 3.63) is 21.6 Å². The molecule has 1 fully saturated rings. The number of ether oxygens (including phenoxy) is 3. The number of rotatable bonds is 4. The van der Waals surface area contributed by atoms with Gasteiger partial charge in [-0.3, -0.25) is 0 Å². The maximum Gasteiger partial charge on any atom is 0.347 e. The third-order valence-electron chi connectivity index (χ3n) is 3.32. The predicted octanol–water partition coefficient (Wildman–Crippen LogP) is 2.35. The van der Waals surface area contributed by atoms with Crippen LogP contribution in [-0.4, -0.2) is 43.8 Å². The van der Waals surface area contributed by atoms with Gasteiger partial charge in [-0.1, -0.05) is 23.2 Å². The summed E-state index contributed by atoms with van der Waals surface area (Å²) in [7, 11) is 0. The summed E-state index contributed by atoms with van der Waals surface area (Å²) in [6, 6.07) is 0. The number of halogens is 3. The van der Waals surface area contributed by atoms with Gasteiger partial charge in [0.05, 0.1) is 23.4 Å². The van der Waals surface area contributed by atoms with Gasteiger partial charge in [0.15, 0.2) is 6.10 Å². The number of allylic oxidation sites excluding steroid dienone is 1. The van der Waals surface area contributed by atoms with Gasteiger partial charge < -0.3 is 19.9 Å². The molecule has 0 amide bonds. The molecule has 0 bridgehead atoms. The van der Waals surface area contributed by atoms with E-state index < -0.39 is 17.9 Å². The number of carbonyl (C=O) groups excluding carboxylic acids is 1. The molecule has 2 heterocycles. The van der Waals surface area contributed by atoms with Gasteiger partial charge in [-0.05, 0) is 19.8 Å². The van der Waals surface area contributed by atoms with E-state index in [0.717, 1.165) is 12.8 Å². The Morgan fingerprint density at radius 2 is 2.26 bits per heavy atom. The first-order valence-corrected chi connectivity index (χ1v) is 7.85. The molecule has 6 nitrogen and oxygen atoms in total. The largest absolute Gasteiger partial charge is 0.462 e. The van der Waals surface area contributed by atoms with Crippen molar-refractivity contribution in [1.29, 1.82) is 0 Å². The van der Waals surface area contributed by atoms with Gasteiger partial charge in [0.2, 0.25) is 5.90 Å². The molecule has 23 heavy (non-hydrogen) atoms. The van der Waals surface area contributed by atoms with Gasteiger partial charge in [-0.25, -0.2) is 14.2 Å². The summed E-state index contributed by atoms with van der Waals surface area (Å²) in [5, 5.41) is -0.465. The molecule has 2 atom stereocenters. The van der Waals surface area contributed by atoms with Crippen LogP contribution in [-0.2, 0) is 19.0 Å². The Morgan fingerprint density at radius 1 is 1.52 bits per heavy atom. The highest BCUT2D eigenvalue weighted by Crippen LogP contribution is 2.26. The van der Waals surface area contributed by atoms with E-state index in [1.54, 1.807) is 0 Å². The van der Waals surface area contributed by atoms with Gasteiger partial charge >= 0.3 is 5.97 Å². The zero-order valence-electron chi connectivity index (χ0n) is 12.5. The van der Waals surface area contributed by atoms with Crippen LogP contribution >= 0.6 is 23.2 Å². The van der Waals surface area contributed by atoms with E-state index in [1.165, 1.54) is 6.92 Å². The van der Waals surface area contributed by atoms with Gasteiger partial charge in [0.1, 0.15) is 17.5 Å². The summed E-state index contributed by atoms with van der Waals surface area (Å²) in [5.74, 6) is -1.49. The fraction of sp³-hybridized carbons (Fsp3) is 0.571. The molecule has 0 aromatic rings. The zero-order valence-corrected chi connectivity index (χ0v) is 14.0. The lowest BCUT2D eigenvalue weighted by Crippen LogP contribution is -2.29. The molecule has 2 rings (SSSR count). The van der Waals surface area contributed by atoms with E-state index in [4.69, 9.17) is 43.1 Å². The Morgan fingerprint density at radius 3 is 2.91 bits per heavy atom. The van der Waals surface area contributed by atoms with Crippen LogP contribution in [0, 0.1) is 0 Å². The first kappa shape index (κ1) is 18.0. The number of nitrogens with two attached hydrogens (primary N) is 1. The first-order chi connectivity index (χ1) is 10.9. The molecule has 2 aliphatic heterocycles. The van der Waals surface area contributed by atoms with E-state index in [2.05, 4.69) is 4.99 Å². The Bertz CT molecular complexity index is 571. The van der Waals surface area contributed by atoms with Crippen LogP contribution in [0.5, 0.6) is 0 Å². The maximum atomic E-state index is 13.5. The van der Waals surface area contributed by atoms with Crippen LogP contribution in [0.3, 0.4) is 0 Å². The number of nitrogens with zero attached hydrogens (tertiary/aromatic N) is 1. The average molecular weight is 367 g/mol. The minimum Gasteiger partial charge on any atom is -0.462 e. The molecule has 9 heteroatoms. The lowest BCUT2D eigenvalue weighted by Gasteiger charge is -2.16. The van der Waals surface area contributed by atoms with E-state index in [1.807, 2.05) is 0 Å². The highest BCUT2D eigenvalue weighted by atomic mass is 35.5. The minimum atomic E-state index is -0.989. The molecule has 2 N–H and O–H groups in total. The average Bonchev–Trinajstić information content (AvgIpc) is 3.04. The summed E-state index contributed by atoms with van der Waals surface area (Å²) in [5.41, 5.74) is 5.43. The van der Waals surface area contributed by atoms with Crippen LogP contribution < -0.4 is 5.73 Å². The lowest BCUT2D eigenvalue weighted by molar-refractivity contribution is -0.154. The Labute approximate surface area is 143 Å². The van der Waals surface area contributed by atoms with Crippen molar-refractivity contribution in [3.63, 3.8) is 0 Å². The molecule has 0 spiro atoms. The smallest absolute Gasteiger partial charge is 0.347 e. The van der Waals surface area contributed by atoms with Gasteiger partial charge in [-0.15, -0.1) is 0 Å². The molecule has 0 aromatic carbocycles. The molecule has 128 valence electrons. The van der Waals surface area contributed by atoms with Crippen molar-refractivity contribution < 1.29 is 23.4 Å². The second-order valence-electron chi connectivity index (χ2n) is 5.09. The van der Waals surface area contributed by atoms with Crippen molar-refractivity contribution in [2.24, 2.45) is 10.7 Å². The molecule has 0 aliphatic carbocycles. The van der Waals surface area contributed by atoms with Crippen LogP contribution in [0.1, 0.15) is 19.8 Å². The Balaban J connectivity index is 1.93. The summed E-state index contributed by atoms with van der Waals surface area (Å²) < 4.78 is 29.3. The number of aliphatic imine (C=N–C) groups is 1. The first-order valence-electron chi connectivity index (χ1n) is 7.09. The van der Waals surface area contributed by atoms with Gasteiger partial charge in [0, 0.05) is 6.61 Å². The Hall–Kier alpha value is -1.31. The van der Waals surface area contributed by atoms with E-state index >= 15 is 0 Å². The topological polar surface area (TPSA) is 83.1 Å². The van der Waals surface area contributed by atoms with Crippen molar-refractivity contribution in [2.45, 2.75) is 32.0 Å². The highest BCUT2D eigenvalue weighted by molar-refractivity contribution is 6.44. The third kappa shape index (κ3) is 4.59. The van der Waals surface area contributed by atoms with Crippen LogP contribution in [0.15, 0.2) is 26.6 Å². The number of hydrogen-bond donors (Lipinski definition) is 1. The molecular weight excluding hydrogens is 350 g/mol. The minimum absolute atomic E-state index is 0.0856. The number of esters is 1. The number of carbonyl (C=O) groups is 1. The summed E-state index contributed by atoms with van der Waals surface area (Å²) in [4.78, 5) is 15.7. The summed E-state index contributed by atoms with van der Waals surface area (Å²) in [6.45, 7) is 1.93. The van der Waals surface area contributed by atoms with Crippen LogP contribution in [0.2, 0.25) is 0 Å². The SMILES string of the molecule is C[C@@H](OC1=NCC(F)=C(Cl)C(N)=C1Cl)C(=O)OCC1CCCO1. The fourth-order valence-electron chi connectivity index (χ4n) is 2.01. The van der Waals surface area contributed by atoms with Crippen molar-refractivity contribution in [2.75, 3.05) is 19.8 Å². The van der Waals surface area contributed by atoms with E-state index in [-0.39, 0.29) is 40.9 Å². The molecule has 0 radical (unpaired) electrons. The van der Waals surface area contributed by atoms with Crippen LogP contribution in [0.25, 0.3) is 0 Å². The van der Waals surface area contributed by atoms with Gasteiger partial charge in [0.25, 0.3) is 0 Å². The monoisotopic (exact) mass is 366 g/mol. The molecule has 2 aliphatic rings. The second-order valence-corrected chi connectivity index (χ2v) is 5.85. The lowest BCUT2D eigenvalue weighted by atomic mass is 10.2. The molecule has 1 saturated heterocycles. The fourth-order valence-corrected chi connectivity index (χ4v) is 2.41. The van der Waals surface area contributed by atoms with E-state index in [0.29, 0.717) is 6.61 Å². The normalized spacial score (nSPS) is 23.5. The van der Waals surface area contributed by atoms with Crippen molar-refractivity contribution in [1.82, 2.24) is 0 Å². The van der Waals surface area contributed by atoms with Crippen LogP contribution in [0.4, 0.5) is 4.39 Å². The molecule has 1 unspecified atom stereocenters. The van der Waals surface area contributed by atoms with Crippen molar-refractivity contribution >= 4 is 35.1 Å². The maximum absolute atomic E-state index is 13.5. The quantitative estimate of drug-likeness (QED) is 0.772. The standard InChI is InChI=1S/C14H17Cl2FN2O4/c1-7(14(20)22-6-8-3-2-4-21-8)23-13-11(16)12(18)10(15)9(17)5-19-13/h7-8H,2-6,18H2,1H3/t7-,8?/m1/s1. The Kier molecular flexibility index (Phi) is 6.26. The predicted molar refractivity (Wildman–Crippen MR) is 83.8 cm³/mol. The molecule has 0 aromatic heterocycles.